The van der Waals surface area contributed by atoms with Crippen LogP contribution in [0.3, 0.4) is 0 Å². The number of nitrogens with zero attached hydrogens (tertiary/aromatic N) is 2. The van der Waals surface area contributed by atoms with Gasteiger partial charge < -0.3 is 14.7 Å². The van der Waals surface area contributed by atoms with Gasteiger partial charge in [-0.15, -0.1) is 0 Å². The molecule has 1 N–H and O–H groups in total. The molecular formula is C33H36N2O2. The van der Waals surface area contributed by atoms with Crippen molar-refractivity contribution >= 4 is 16.3 Å². The molecule has 1 heterocycles. The van der Waals surface area contributed by atoms with Crippen LogP contribution in [0.15, 0.2) is 91.1 Å². The largest absolute Gasteiger partial charge is 0.481 e. The van der Waals surface area contributed by atoms with Crippen LogP contribution in [0.4, 0.5) is 0 Å². The lowest BCUT2D eigenvalue weighted by Gasteiger charge is -2.32. The number of allylic oxidation sites excluding steroid dienone is 2. The fraction of sp³-hybridized carbons (Fsp3) is 0.303. The van der Waals surface area contributed by atoms with Crippen LogP contribution in [0.5, 0.6) is 5.88 Å². The van der Waals surface area contributed by atoms with E-state index in [1.165, 1.54) is 28.3 Å². The van der Waals surface area contributed by atoms with Gasteiger partial charge in [-0.25, -0.2) is 4.98 Å². The summed E-state index contributed by atoms with van der Waals surface area (Å²) in [5.41, 5.74) is 5.67. The van der Waals surface area contributed by atoms with E-state index in [4.69, 9.17) is 9.72 Å². The van der Waals surface area contributed by atoms with Crippen LogP contribution in [-0.4, -0.2) is 42.3 Å². The number of pyridine rings is 1. The second kappa shape index (κ2) is 11.3. The van der Waals surface area contributed by atoms with E-state index in [0.29, 0.717) is 12.3 Å². The summed E-state index contributed by atoms with van der Waals surface area (Å²) in [7, 11) is 5.84. The Bertz CT molecular complexity index is 1370. The Morgan fingerprint density at radius 2 is 1.70 bits per heavy atom. The van der Waals surface area contributed by atoms with E-state index in [1.807, 2.05) is 24.4 Å². The zero-order valence-electron chi connectivity index (χ0n) is 22.0. The molecular weight excluding hydrogens is 456 g/mol. The first kappa shape index (κ1) is 25.2. The highest BCUT2D eigenvalue weighted by Gasteiger charge is 2.31. The molecule has 1 aliphatic carbocycles. The summed E-state index contributed by atoms with van der Waals surface area (Å²) in [5.74, 6) is 0.296. The molecule has 1 aliphatic rings. The highest BCUT2D eigenvalue weighted by Crippen LogP contribution is 2.40. The number of fused-ring (bicyclic) bond motifs is 1. The van der Waals surface area contributed by atoms with Crippen molar-refractivity contribution in [1.82, 2.24) is 9.88 Å². The lowest BCUT2D eigenvalue weighted by Crippen LogP contribution is -2.29. The average molecular weight is 493 g/mol. The van der Waals surface area contributed by atoms with Crippen LogP contribution in [0, 0.1) is 0 Å². The van der Waals surface area contributed by atoms with Gasteiger partial charge in [-0.3, -0.25) is 0 Å². The third-order valence-corrected chi connectivity index (χ3v) is 7.63. The summed E-state index contributed by atoms with van der Waals surface area (Å²) in [4.78, 5) is 6.91. The molecule has 4 nitrogen and oxygen atoms in total. The predicted molar refractivity (Wildman–Crippen MR) is 152 cm³/mol. The molecule has 3 aromatic carbocycles. The number of hydrogen-bond donors (Lipinski definition) is 1. The molecule has 0 aliphatic heterocycles. The third-order valence-electron chi connectivity index (χ3n) is 7.63. The lowest BCUT2D eigenvalue weighted by molar-refractivity contribution is 0.108. The molecule has 1 aromatic heterocycles. The van der Waals surface area contributed by atoms with E-state index < -0.39 is 6.10 Å². The van der Waals surface area contributed by atoms with Crippen LogP contribution in [0.25, 0.3) is 16.3 Å². The van der Waals surface area contributed by atoms with Gasteiger partial charge in [0.1, 0.15) is 0 Å². The third kappa shape index (κ3) is 5.31. The summed E-state index contributed by atoms with van der Waals surface area (Å²) in [6, 6.07) is 27.4. The molecule has 0 saturated heterocycles. The SMILES string of the molecule is COc1ncc(C2=CCCC2)cc1C(c1ccccc1)C(O)CC(c1cccc2ccccc12)N(C)C. The molecule has 3 unspecified atom stereocenters. The lowest BCUT2D eigenvalue weighted by atomic mass is 9.82. The Balaban J connectivity index is 1.57. The molecule has 0 fully saturated rings. The fourth-order valence-electron chi connectivity index (χ4n) is 5.76. The van der Waals surface area contributed by atoms with Gasteiger partial charge in [0.15, 0.2) is 0 Å². The molecule has 5 rings (SSSR count). The van der Waals surface area contributed by atoms with Crippen LogP contribution in [-0.2, 0) is 0 Å². The monoisotopic (exact) mass is 492 g/mol. The first-order valence-electron chi connectivity index (χ1n) is 13.2. The number of aliphatic hydroxyl groups excluding tert-OH is 1. The smallest absolute Gasteiger partial charge is 0.216 e. The number of hydrogen-bond acceptors (Lipinski definition) is 4. The van der Waals surface area contributed by atoms with E-state index in [0.717, 1.165) is 29.5 Å². The molecule has 3 atom stereocenters. The van der Waals surface area contributed by atoms with Gasteiger partial charge in [0.2, 0.25) is 5.88 Å². The number of rotatable bonds is 9. The molecule has 37 heavy (non-hydrogen) atoms. The Hall–Kier alpha value is -3.47. The van der Waals surface area contributed by atoms with Crippen molar-refractivity contribution in [3.05, 3.63) is 113 Å². The van der Waals surface area contributed by atoms with Crippen molar-refractivity contribution in [3.63, 3.8) is 0 Å². The second-order valence-corrected chi connectivity index (χ2v) is 10.2. The minimum Gasteiger partial charge on any atom is -0.481 e. The Morgan fingerprint density at radius 1 is 0.946 bits per heavy atom. The van der Waals surface area contributed by atoms with Gasteiger partial charge in [0, 0.05) is 23.7 Å². The molecule has 0 radical (unpaired) electrons. The number of methoxy groups -OCH3 is 1. The first-order chi connectivity index (χ1) is 18.1. The van der Waals surface area contributed by atoms with Crippen molar-refractivity contribution in [3.8, 4) is 5.88 Å². The minimum absolute atomic E-state index is 0.0342. The maximum absolute atomic E-state index is 12.0. The summed E-state index contributed by atoms with van der Waals surface area (Å²) in [5, 5.41) is 14.5. The van der Waals surface area contributed by atoms with Crippen molar-refractivity contribution in [2.45, 2.75) is 43.7 Å². The van der Waals surface area contributed by atoms with Crippen molar-refractivity contribution in [2.24, 2.45) is 0 Å². The van der Waals surface area contributed by atoms with E-state index in [1.54, 1.807) is 7.11 Å². The topological polar surface area (TPSA) is 45.6 Å². The van der Waals surface area contributed by atoms with Gasteiger partial charge in [-0.1, -0.05) is 78.9 Å². The van der Waals surface area contributed by atoms with E-state index in [2.05, 4.69) is 85.7 Å². The molecule has 190 valence electrons. The van der Waals surface area contributed by atoms with Crippen LogP contribution >= 0.6 is 0 Å². The quantitative estimate of drug-likeness (QED) is 0.273. The summed E-state index contributed by atoms with van der Waals surface area (Å²) < 4.78 is 5.76. The molecule has 0 bridgehead atoms. The molecule has 4 heteroatoms. The Kier molecular flexibility index (Phi) is 7.68. The molecule has 0 amide bonds. The van der Waals surface area contributed by atoms with Crippen molar-refractivity contribution in [1.29, 1.82) is 0 Å². The predicted octanol–water partition coefficient (Wildman–Crippen LogP) is 7.00. The maximum Gasteiger partial charge on any atom is 0.216 e. The van der Waals surface area contributed by atoms with Crippen LogP contribution in [0.1, 0.15) is 59.9 Å². The molecule has 4 aromatic rings. The Labute approximate surface area is 220 Å². The number of ether oxygens (including phenoxy) is 1. The maximum atomic E-state index is 12.0. The van der Waals surface area contributed by atoms with E-state index >= 15 is 0 Å². The van der Waals surface area contributed by atoms with Gasteiger partial charge in [0.05, 0.1) is 13.2 Å². The van der Waals surface area contributed by atoms with Gasteiger partial charge >= 0.3 is 0 Å². The summed E-state index contributed by atoms with van der Waals surface area (Å²) in [6.45, 7) is 0. The van der Waals surface area contributed by atoms with Crippen molar-refractivity contribution < 1.29 is 9.84 Å². The number of benzene rings is 3. The number of aromatic nitrogens is 1. The van der Waals surface area contributed by atoms with E-state index in [9.17, 15) is 5.11 Å². The summed E-state index contributed by atoms with van der Waals surface area (Å²) >= 11 is 0. The van der Waals surface area contributed by atoms with Gasteiger partial charge in [-0.05, 0) is 78.9 Å². The van der Waals surface area contributed by atoms with Crippen LogP contribution < -0.4 is 4.74 Å². The van der Waals surface area contributed by atoms with Crippen molar-refractivity contribution in [2.75, 3.05) is 21.2 Å². The standard InChI is InChI=1S/C33H36N2O2/c1-35(2)30(28-19-11-17-24-14-9-10-18-27(24)28)21-31(36)32(25-15-5-4-6-16-25)29-20-26(22-34-33(29)37-3)23-12-7-8-13-23/h4-6,9-12,14-20,22,30-32,36H,7-8,13,21H2,1-3H3. The average Bonchev–Trinajstić information content (AvgIpc) is 3.47. The van der Waals surface area contributed by atoms with E-state index in [-0.39, 0.29) is 12.0 Å². The zero-order chi connectivity index (χ0) is 25.8. The zero-order valence-corrected chi connectivity index (χ0v) is 22.0. The Morgan fingerprint density at radius 3 is 2.43 bits per heavy atom. The number of aliphatic hydroxyl groups is 1. The minimum atomic E-state index is -0.655. The second-order valence-electron chi connectivity index (χ2n) is 10.2. The van der Waals surface area contributed by atoms with Gasteiger partial charge in [-0.2, -0.15) is 0 Å². The molecule has 0 spiro atoms. The normalized spacial score (nSPS) is 16.0. The highest BCUT2D eigenvalue weighted by molar-refractivity contribution is 5.86. The highest BCUT2D eigenvalue weighted by atomic mass is 16.5. The fourth-order valence-corrected chi connectivity index (χ4v) is 5.76. The molecule has 0 saturated carbocycles. The summed E-state index contributed by atoms with van der Waals surface area (Å²) in [6.07, 6.45) is 7.48. The van der Waals surface area contributed by atoms with Gasteiger partial charge in [0.25, 0.3) is 0 Å². The van der Waals surface area contributed by atoms with Crippen LogP contribution in [0.2, 0.25) is 0 Å². The first-order valence-corrected chi connectivity index (χ1v) is 13.2.